The fraction of sp³-hybridized carbons (Fsp3) is 0.562. The van der Waals surface area contributed by atoms with Crippen LogP contribution in [0.2, 0.25) is 0 Å². The number of nitrogens with zero attached hydrogens (tertiary/aromatic N) is 1. The van der Waals surface area contributed by atoms with Gasteiger partial charge in [-0.05, 0) is 45.4 Å². The monoisotopic (exact) mass is 357 g/mol. The van der Waals surface area contributed by atoms with Crippen LogP contribution < -0.4 is 0 Å². The number of halogens is 1. The molecule has 1 atom stereocenters. The molecule has 0 amide bonds. The lowest BCUT2D eigenvalue weighted by atomic mass is 9.95. The largest absolute Gasteiger partial charge is 0.508 e. The minimum absolute atomic E-state index is 0.0261. The summed E-state index contributed by atoms with van der Waals surface area (Å²) in [5.74, 6) is -0.563. The highest BCUT2D eigenvalue weighted by molar-refractivity contribution is 9.10. The Labute approximate surface area is 134 Å². The van der Waals surface area contributed by atoms with E-state index in [2.05, 4.69) is 41.6 Å². The molecule has 0 spiro atoms. The zero-order valence-electron chi connectivity index (χ0n) is 13.1. The van der Waals surface area contributed by atoms with Gasteiger partial charge in [-0.3, -0.25) is 9.69 Å². The number of rotatable bonds is 6. The van der Waals surface area contributed by atoms with E-state index in [0.717, 1.165) is 16.5 Å². The highest BCUT2D eigenvalue weighted by Crippen LogP contribution is 2.36. The number of carbonyl (C=O) groups is 1. The summed E-state index contributed by atoms with van der Waals surface area (Å²) in [6.45, 7) is 8.68. The third-order valence-electron chi connectivity index (χ3n) is 3.54. The first-order chi connectivity index (χ1) is 9.66. The molecular formula is C16H24BrNO3. The first kappa shape index (κ1) is 18.0. The minimum Gasteiger partial charge on any atom is -0.508 e. The Morgan fingerprint density at radius 1 is 1.38 bits per heavy atom. The Morgan fingerprint density at radius 2 is 2.00 bits per heavy atom. The van der Waals surface area contributed by atoms with Gasteiger partial charge in [0.05, 0.1) is 6.42 Å². The molecule has 1 unspecified atom stereocenters. The van der Waals surface area contributed by atoms with Gasteiger partial charge in [-0.2, -0.15) is 0 Å². The summed E-state index contributed by atoms with van der Waals surface area (Å²) >= 11 is 3.43. The smallest absolute Gasteiger partial charge is 0.304 e. The zero-order valence-corrected chi connectivity index (χ0v) is 14.6. The second kappa shape index (κ2) is 7.27. The second-order valence-electron chi connectivity index (χ2n) is 6.14. The highest BCUT2D eigenvalue weighted by Gasteiger charge is 2.30. The van der Waals surface area contributed by atoms with Crippen LogP contribution in [0.1, 0.15) is 52.1 Å². The first-order valence-electron chi connectivity index (χ1n) is 7.13. The molecule has 0 saturated heterocycles. The van der Waals surface area contributed by atoms with E-state index in [1.807, 2.05) is 13.0 Å². The number of hydrogen-bond donors (Lipinski definition) is 2. The molecule has 0 aliphatic heterocycles. The van der Waals surface area contributed by atoms with Gasteiger partial charge in [0.2, 0.25) is 0 Å². The molecule has 0 aliphatic carbocycles. The van der Waals surface area contributed by atoms with E-state index < -0.39 is 5.97 Å². The Balaban J connectivity index is 3.17. The molecule has 1 aromatic carbocycles. The van der Waals surface area contributed by atoms with Crippen molar-refractivity contribution in [2.24, 2.45) is 0 Å². The van der Waals surface area contributed by atoms with E-state index in [1.165, 1.54) is 0 Å². The molecule has 0 fully saturated rings. The fourth-order valence-corrected chi connectivity index (χ4v) is 2.95. The zero-order chi connectivity index (χ0) is 16.2. The Hall–Kier alpha value is -1.07. The van der Waals surface area contributed by atoms with Crippen LogP contribution in [0.15, 0.2) is 22.7 Å². The van der Waals surface area contributed by atoms with Gasteiger partial charge in [-0.1, -0.05) is 22.9 Å². The Kier molecular flexibility index (Phi) is 6.23. The number of phenolic OH excluding ortho intramolecular Hbond substituents is 1. The average Bonchev–Trinajstić information content (AvgIpc) is 2.36. The molecule has 0 aromatic heterocycles. The van der Waals surface area contributed by atoms with E-state index in [4.69, 9.17) is 5.11 Å². The molecule has 1 aromatic rings. The van der Waals surface area contributed by atoms with Gasteiger partial charge >= 0.3 is 5.97 Å². The molecule has 0 bridgehead atoms. The molecule has 118 valence electrons. The van der Waals surface area contributed by atoms with Crippen molar-refractivity contribution in [3.8, 4) is 5.75 Å². The van der Waals surface area contributed by atoms with Crippen LogP contribution in [0.5, 0.6) is 5.75 Å². The van der Waals surface area contributed by atoms with Crippen molar-refractivity contribution >= 4 is 21.9 Å². The Morgan fingerprint density at radius 3 is 2.48 bits per heavy atom. The van der Waals surface area contributed by atoms with Gasteiger partial charge in [-0.25, -0.2) is 0 Å². The van der Waals surface area contributed by atoms with Crippen molar-refractivity contribution in [2.75, 3.05) is 6.54 Å². The average molecular weight is 358 g/mol. The van der Waals surface area contributed by atoms with E-state index >= 15 is 0 Å². The number of benzene rings is 1. The molecule has 2 N–H and O–H groups in total. The maximum Gasteiger partial charge on any atom is 0.304 e. The predicted molar refractivity (Wildman–Crippen MR) is 87.6 cm³/mol. The van der Waals surface area contributed by atoms with Gasteiger partial charge in [0.1, 0.15) is 5.75 Å². The van der Waals surface area contributed by atoms with Crippen molar-refractivity contribution in [3.63, 3.8) is 0 Å². The lowest BCUT2D eigenvalue weighted by molar-refractivity contribution is -0.137. The molecular weight excluding hydrogens is 334 g/mol. The summed E-state index contributed by atoms with van der Waals surface area (Å²) < 4.78 is 0.904. The van der Waals surface area contributed by atoms with Crippen molar-refractivity contribution in [1.82, 2.24) is 4.90 Å². The summed E-state index contributed by atoms with van der Waals surface area (Å²) in [7, 11) is 0. The molecule has 0 radical (unpaired) electrons. The molecule has 0 aliphatic rings. The number of carboxylic acids is 1. The topological polar surface area (TPSA) is 60.8 Å². The minimum atomic E-state index is -0.808. The van der Waals surface area contributed by atoms with Crippen molar-refractivity contribution in [3.05, 3.63) is 28.2 Å². The van der Waals surface area contributed by atoms with E-state index in [9.17, 15) is 9.90 Å². The lowest BCUT2D eigenvalue weighted by Gasteiger charge is -2.41. The van der Waals surface area contributed by atoms with Crippen molar-refractivity contribution in [2.45, 2.75) is 52.1 Å². The molecule has 1 rings (SSSR count). The molecule has 21 heavy (non-hydrogen) atoms. The van der Waals surface area contributed by atoms with Gasteiger partial charge < -0.3 is 10.2 Å². The van der Waals surface area contributed by atoms with Crippen LogP contribution in [0.3, 0.4) is 0 Å². The summed E-state index contributed by atoms with van der Waals surface area (Å²) in [5.41, 5.74) is 0.637. The molecule has 0 heterocycles. The summed E-state index contributed by atoms with van der Waals surface area (Å²) in [6.07, 6.45) is 0.878. The predicted octanol–water partition coefficient (Wildman–Crippen LogP) is 4.18. The van der Waals surface area contributed by atoms with Crippen LogP contribution in [0.4, 0.5) is 0 Å². The van der Waals surface area contributed by atoms with Crippen molar-refractivity contribution < 1.29 is 15.0 Å². The van der Waals surface area contributed by atoms with Gasteiger partial charge in [-0.15, -0.1) is 0 Å². The third kappa shape index (κ3) is 5.00. The van der Waals surface area contributed by atoms with Crippen LogP contribution in [-0.2, 0) is 4.79 Å². The maximum atomic E-state index is 10.9. The first-order valence-corrected chi connectivity index (χ1v) is 7.93. The maximum absolute atomic E-state index is 10.9. The number of aromatic hydroxyl groups is 1. The normalized spacial score (nSPS) is 13.4. The fourth-order valence-electron chi connectivity index (χ4n) is 2.58. The SMILES string of the molecule is CCC(c1cc(Br)ccc1O)N(CCC(=O)O)C(C)(C)C. The summed E-state index contributed by atoms with van der Waals surface area (Å²) in [5, 5.41) is 19.1. The number of aliphatic carboxylic acids is 1. The summed E-state index contributed by atoms with van der Waals surface area (Å²) in [4.78, 5) is 13.1. The second-order valence-corrected chi connectivity index (χ2v) is 7.05. The summed E-state index contributed by atoms with van der Waals surface area (Å²) in [6, 6.07) is 5.34. The van der Waals surface area contributed by atoms with Gasteiger partial charge in [0.25, 0.3) is 0 Å². The van der Waals surface area contributed by atoms with Crippen molar-refractivity contribution in [1.29, 1.82) is 0 Å². The highest BCUT2D eigenvalue weighted by atomic mass is 79.9. The van der Waals surface area contributed by atoms with Crippen LogP contribution in [0, 0.1) is 0 Å². The van der Waals surface area contributed by atoms with E-state index in [-0.39, 0.29) is 23.8 Å². The number of carboxylic acid groups (broad SMARTS) is 1. The van der Waals surface area contributed by atoms with E-state index in [1.54, 1.807) is 12.1 Å². The molecule has 4 nitrogen and oxygen atoms in total. The van der Waals surface area contributed by atoms with Crippen LogP contribution in [0.25, 0.3) is 0 Å². The number of hydrogen-bond acceptors (Lipinski definition) is 3. The number of phenols is 1. The third-order valence-corrected chi connectivity index (χ3v) is 4.03. The van der Waals surface area contributed by atoms with Gasteiger partial charge in [0, 0.05) is 28.2 Å². The molecule has 0 saturated carbocycles. The van der Waals surface area contributed by atoms with E-state index in [0.29, 0.717) is 6.54 Å². The van der Waals surface area contributed by atoms with Gasteiger partial charge in [0.15, 0.2) is 0 Å². The lowest BCUT2D eigenvalue weighted by Crippen LogP contribution is -2.44. The molecule has 5 heteroatoms. The Bertz CT molecular complexity index is 497. The van der Waals surface area contributed by atoms with Crippen LogP contribution in [-0.4, -0.2) is 33.2 Å². The standard InChI is InChI=1S/C16H24BrNO3/c1-5-13(12-10-11(17)6-7-14(12)19)18(16(2,3)4)9-8-15(20)21/h6-7,10,13,19H,5,8-9H2,1-4H3,(H,20,21). The quantitative estimate of drug-likeness (QED) is 0.801. The van der Waals surface area contributed by atoms with Crippen LogP contribution >= 0.6 is 15.9 Å².